The number of nitrogens with zero attached hydrogens (tertiary/aromatic N) is 1. The van der Waals surface area contributed by atoms with Gasteiger partial charge in [0.1, 0.15) is 11.5 Å². The number of carbonyl (C=O) groups excluding carboxylic acids is 2. The maximum absolute atomic E-state index is 12.9. The molecule has 1 aliphatic heterocycles. The first-order valence-corrected chi connectivity index (χ1v) is 9.83. The molecule has 0 saturated carbocycles. The van der Waals surface area contributed by atoms with E-state index in [0.29, 0.717) is 48.1 Å². The molecule has 1 heterocycles. The molecular formula is C22H27N3O5. The van der Waals surface area contributed by atoms with Crippen LogP contribution in [0.2, 0.25) is 0 Å². The number of rotatable bonds is 8. The smallest absolute Gasteiger partial charge is 0.259 e. The lowest BCUT2D eigenvalue weighted by Gasteiger charge is -2.26. The van der Waals surface area contributed by atoms with Gasteiger partial charge in [0, 0.05) is 26.2 Å². The molecule has 0 aliphatic carbocycles. The zero-order valence-electron chi connectivity index (χ0n) is 17.3. The molecule has 0 bridgehead atoms. The molecular weight excluding hydrogens is 386 g/mol. The van der Waals surface area contributed by atoms with Gasteiger partial charge in [0.15, 0.2) is 0 Å². The van der Waals surface area contributed by atoms with Crippen LogP contribution in [0.4, 0.5) is 5.69 Å². The number of morpholine rings is 1. The molecule has 0 unspecified atom stereocenters. The van der Waals surface area contributed by atoms with Crippen molar-refractivity contribution in [1.82, 2.24) is 10.2 Å². The summed E-state index contributed by atoms with van der Waals surface area (Å²) in [5.41, 5.74) is 1.02. The normalized spacial score (nSPS) is 14.1. The molecule has 2 N–H and O–H groups in total. The van der Waals surface area contributed by atoms with Crippen molar-refractivity contribution in [2.24, 2.45) is 0 Å². The van der Waals surface area contributed by atoms with Gasteiger partial charge in [-0.1, -0.05) is 18.2 Å². The SMILES string of the molecule is COc1ccccc1C(=O)Nc1c(OC)cccc1C(=O)NCCN1CCOCC1. The lowest BCUT2D eigenvalue weighted by Crippen LogP contribution is -2.41. The lowest BCUT2D eigenvalue weighted by atomic mass is 10.1. The summed E-state index contributed by atoms with van der Waals surface area (Å²) in [4.78, 5) is 27.9. The van der Waals surface area contributed by atoms with Gasteiger partial charge in [0.25, 0.3) is 11.8 Å². The highest BCUT2D eigenvalue weighted by Crippen LogP contribution is 2.30. The van der Waals surface area contributed by atoms with E-state index >= 15 is 0 Å². The third kappa shape index (κ3) is 5.28. The van der Waals surface area contributed by atoms with Crippen molar-refractivity contribution in [3.05, 3.63) is 53.6 Å². The van der Waals surface area contributed by atoms with Crippen molar-refractivity contribution in [2.75, 3.05) is 58.9 Å². The van der Waals surface area contributed by atoms with E-state index < -0.39 is 0 Å². The van der Waals surface area contributed by atoms with E-state index in [-0.39, 0.29) is 11.8 Å². The van der Waals surface area contributed by atoms with E-state index in [1.165, 1.54) is 14.2 Å². The number of amides is 2. The van der Waals surface area contributed by atoms with Crippen LogP contribution in [-0.4, -0.2) is 70.3 Å². The molecule has 0 atom stereocenters. The van der Waals surface area contributed by atoms with Crippen LogP contribution in [0, 0.1) is 0 Å². The molecule has 30 heavy (non-hydrogen) atoms. The number of para-hydroxylation sites is 2. The van der Waals surface area contributed by atoms with Gasteiger partial charge in [-0.3, -0.25) is 14.5 Å². The molecule has 8 heteroatoms. The Hall–Kier alpha value is -3.10. The lowest BCUT2D eigenvalue weighted by molar-refractivity contribution is 0.0383. The van der Waals surface area contributed by atoms with Crippen LogP contribution in [0.1, 0.15) is 20.7 Å². The van der Waals surface area contributed by atoms with Gasteiger partial charge in [-0.2, -0.15) is 0 Å². The van der Waals surface area contributed by atoms with Crippen LogP contribution in [0.3, 0.4) is 0 Å². The first-order chi connectivity index (χ1) is 14.6. The van der Waals surface area contributed by atoms with Gasteiger partial charge in [-0.15, -0.1) is 0 Å². The second kappa shape index (κ2) is 10.6. The van der Waals surface area contributed by atoms with Crippen LogP contribution < -0.4 is 20.1 Å². The molecule has 2 amide bonds. The first kappa shape index (κ1) is 21.6. The predicted molar refractivity (Wildman–Crippen MR) is 114 cm³/mol. The van der Waals surface area contributed by atoms with Crippen LogP contribution in [0.15, 0.2) is 42.5 Å². The number of ether oxygens (including phenoxy) is 3. The monoisotopic (exact) mass is 413 g/mol. The number of benzene rings is 2. The molecule has 1 saturated heterocycles. The first-order valence-electron chi connectivity index (χ1n) is 9.83. The topological polar surface area (TPSA) is 89.1 Å². The number of anilines is 1. The van der Waals surface area contributed by atoms with Crippen LogP contribution >= 0.6 is 0 Å². The highest BCUT2D eigenvalue weighted by atomic mass is 16.5. The molecule has 1 fully saturated rings. The molecule has 0 radical (unpaired) electrons. The van der Waals surface area contributed by atoms with Crippen LogP contribution in [0.5, 0.6) is 11.5 Å². The van der Waals surface area contributed by atoms with E-state index in [1.807, 2.05) is 0 Å². The largest absolute Gasteiger partial charge is 0.496 e. The number of hydrogen-bond acceptors (Lipinski definition) is 6. The summed E-state index contributed by atoms with van der Waals surface area (Å²) in [5.74, 6) is 0.178. The zero-order valence-corrected chi connectivity index (χ0v) is 17.3. The fourth-order valence-electron chi connectivity index (χ4n) is 3.28. The minimum absolute atomic E-state index is 0.280. The predicted octanol–water partition coefficient (Wildman–Crippen LogP) is 2.02. The van der Waals surface area contributed by atoms with E-state index in [2.05, 4.69) is 15.5 Å². The molecule has 1 aliphatic rings. The standard InChI is InChI=1S/C22H27N3O5/c1-28-18-8-4-3-6-16(18)22(27)24-20-17(7-5-9-19(20)29-2)21(26)23-10-11-25-12-14-30-15-13-25/h3-9H,10-15H2,1-2H3,(H,23,26)(H,24,27). The number of nitrogens with one attached hydrogen (secondary N) is 2. The van der Waals surface area contributed by atoms with Gasteiger partial charge in [-0.25, -0.2) is 0 Å². The van der Waals surface area contributed by atoms with Crippen molar-refractivity contribution < 1.29 is 23.8 Å². The second-order valence-electron chi connectivity index (χ2n) is 6.75. The fraction of sp³-hybridized carbons (Fsp3) is 0.364. The molecule has 3 rings (SSSR count). The third-order valence-electron chi connectivity index (χ3n) is 4.90. The van der Waals surface area contributed by atoms with Gasteiger partial charge in [0.05, 0.1) is 44.2 Å². The minimum Gasteiger partial charge on any atom is -0.496 e. The number of carbonyl (C=O) groups is 2. The Morgan fingerprint density at radius 2 is 1.60 bits per heavy atom. The Bertz CT molecular complexity index is 881. The van der Waals surface area contributed by atoms with Crippen molar-refractivity contribution in [3.8, 4) is 11.5 Å². The number of methoxy groups -OCH3 is 2. The minimum atomic E-state index is -0.390. The molecule has 0 aromatic heterocycles. The molecule has 160 valence electrons. The van der Waals surface area contributed by atoms with Crippen molar-refractivity contribution >= 4 is 17.5 Å². The van der Waals surface area contributed by atoms with Gasteiger partial charge in [-0.05, 0) is 24.3 Å². The van der Waals surface area contributed by atoms with E-state index in [4.69, 9.17) is 14.2 Å². The van der Waals surface area contributed by atoms with E-state index in [9.17, 15) is 9.59 Å². The number of hydrogen-bond donors (Lipinski definition) is 2. The molecule has 2 aromatic rings. The van der Waals surface area contributed by atoms with E-state index in [0.717, 1.165) is 19.6 Å². The summed E-state index contributed by atoms with van der Waals surface area (Å²) in [6.45, 7) is 4.37. The Morgan fingerprint density at radius 3 is 2.33 bits per heavy atom. The summed E-state index contributed by atoms with van der Waals surface area (Å²) >= 11 is 0. The molecule has 8 nitrogen and oxygen atoms in total. The molecule has 2 aromatic carbocycles. The van der Waals surface area contributed by atoms with Crippen LogP contribution in [0.25, 0.3) is 0 Å². The summed E-state index contributed by atoms with van der Waals surface area (Å²) < 4.78 is 16.0. The van der Waals surface area contributed by atoms with Crippen molar-refractivity contribution in [2.45, 2.75) is 0 Å². The summed E-state index contributed by atoms with van der Waals surface area (Å²) in [7, 11) is 3.00. The van der Waals surface area contributed by atoms with Crippen LogP contribution in [-0.2, 0) is 4.74 Å². The fourth-order valence-corrected chi connectivity index (χ4v) is 3.28. The van der Waals surface area contributed by atoms with Gasteiger partial charge >= 0.3 is 0 Å². The van der Waals surface area contributed by atoms with Gasteiger partial charge < -0.3 is 24.8 Å². The Morgan fingerprint density at radius 1 is 0.933 bits per heavy atom. The Labute approximate surface area is 176 Å². The maximum atomic E-state index is 12.9. The summed E-state index contributed by atoms with van der Waals surface area (Å²) in [6, 6.07) is 12.0. The summed E-state index contributed by atoms with van der Waals surface area (Å²) in [5, 5.41) is 5.73. The van der Waals surface area contributed by atoms with Crippen molar-refractivity contribution in [1.29, 1.82) is 0 Å². The average molecular weight is 413 g/mol. The average Bonchev–Trinajstić information content (AvgIpc) is 2.79. The Kier molecular flexibility index (Phi) is 7.64. The van der Waals surface area contributed by atoms with Gasteiger partial charge in [0.2, 0.25) is 0 Å². The quantitative estimate of drug-likeness (QED) is 0.688. The highest BCUT2D eigenvalue weighted by molar-refractivity contribution is 6.11. The maximum Gasteiger partial charge on any atom is 0.259 e. The summed E-state index contributed by atoms with van der Waals surface area (Å²) in [6.07, 6.45) is 0. The Balaban J connectivity index is 1.73. The zero-order chi connectivity index (χ0) is 21.3. The van der Waals surface area contributed by atoms with Crippen molar-refractivity contribution in [3.63, 3.8) is 0 Å². The van der Waals surface area contributed by atoms with E-state index in [1.54, 1.807) is 42.5 Å². The third-order valence-corrected chi connectivity index (χ3v) is 4.90. The second-order valence-corrected chi connectivity index (χ2v) is 6.75. The highest BCUT2D eigenvalue weighted by Gasteiger charge is 2.20. The molecule has 0 spiro atoms.